The van der Waals surface area contributed by atoms with Crippen LogP contribution in [0, 0.1) is 0 Å². The third kappa shape index (κ3) is 3.56. The summed E-state index contributed by atoms with van der Waals surface area (Å²) in [6.45, 7) is 7.95. The van der Waals surface area contributed by atoms with E-state index < -0.39 is 0 Å². The molecule has 0 amide bonds. The Morgan fingerprint density at radius 1 is 1.28 bits per heavy atom. The SMILES string of the molecule is CC(C)c1ccc(CCC2CNCCN2C)cc1. The summed E-state index contributed by atoms with van der Waals surface area (Å²) in [5.41, 5.74) is 2.91. The van der Waals surface area contributed by atoms with Gasteiger partial charge < -0.3 is 10.2 Å². The van der Waals surface area contributed by atoms with E-state index in [4.69, 9.17) is 0 Å². The van der Waals surface area contributed by atoms with Crippen LogP contribution >= 0.6 is 0 Å². The van der Waals surface area contributed by atoms with Crippen molar-refractivity contribution in [2.24, 2.45) is 0 Å². The number of hydrogen-bond donors (Lipinski definition) is 1. The van der Waals surface area contributed by atoms with Crippen LogP contribution in [-0.4, -0.2) is 37.6 Å². The zero-order chi connectivity index (χ0) is 13.0. The Bertz CT molecular complexity index is 356. The highest BCUT2D eigenvalue weighted by molar-refractivity contribution is 5.24. The van der Waals surface area contributed by atoms with Gasteiger partial charge in [-0.3, -0.25) is 0 Å². The van der Waals surface area contributed by atoms with Gasteiger partial charge in [-0.25, -0.2) is 0 Å². The largest absolute Gasteiger partial charge is 0.314 e. The molecule has 1 aliphatic rings. The Balaban J connectivity index is 1.85. The third-order valence-electron chi connectivity index (χ3n) is 4.06. The standard InChI is InChI=1S/C16H26N2/c1-13(2)15-7-4-14(5-8-15)6-9-16-12-17-10-11-18(16)3/h4-5,7-8,13,16-17H,6,9-12H2,1-3H3. The molecule has 2 rings (SSSR count). The monoisotopic (exact) mass is 246 g/mol. The van der Waals surface area contributed by atoms with Gasteiger partial charge in [0.15, 0.2) is 0 Å². The van der Waals surface area contributed by atoms with Gasteiger partial charge in [0.2, 0.25) is 0 Å². The quantitative estimate of drug-likeness (QED) is 0.878. The highest BCUT2D eigenvalue weighted by Gasteiger charge is 2.17. The Morgan fingerprint density at radius 3 is 2.61 bits per heavy atom. The number of benzene rings is 1. The first-order chi connectivity index (χ1) is 8.66. The summed E-state index contributed by atoms with van der Waals surface area (Å²) in [6, 6.07) is 9.85. The average molecular weight is 246 g/mol. The van der Waals surface area contributed by atoms with Gasteiger partial charge in [-0.15, -0.1) is 0 Å². The molecule has 0 aromatic heterocycles. The molecular weight excluding hydrogens is 220 g/mol. The van der Waals surface area contributed by atoms with E-state index in [2.05, 4.69) is 55.4 Å². The molecule has 1 aliphatic heterocycles. The fourth-order valence-electron chi connectivity index (χ4n) is 2.59. The normalized spacial score (nSPS) is 21.4. The van der Waals surface area contributed by atoms with Crippen molar-refractivity contribution in [1.82, 2.24) is 10.2 Å². The summed E-state index contributed by atoms with van der Waals surface area (Å²) in [6.07, 6.45) is 2.44. The fourth-order valence-corrected chi connectivity index (χ4v) is 2.59. The Kier molecular flexibility index (Phi) is 4.79. The van der Waals surface area contributed by atoms with Crippen molar-refractivity contribution in [2.45, 2.75) is 38.6 Å². The van der Waals surface area contributed by atoms with Gasteiger partial charge in [0.25, 0.3) is 0 Å². The molecule has 1 N–H and O–H groups in total. The van der Waals surface area contributed by atoms with Crippen molar-refractivity contribution < 1.29 is 0 Å². The van der Waals surface area contributed by atoms with Gasteiger partial charge in [0.1, 0.15) is 0 Å². The maximum atomic E-state index is 3.48. The minimum atomic E-state index is 0.632. The van der Waals surface area contributed by atoms with Gasteiger partial charge in [0, 0.05) is 25.7 Å². The van der Waals surface area contributed by atoms with Gasteiger partial charge in [-0.1, -0.05) is 38.1 Å². The maximum absolute atomic E-state index is 3.48. The Hall–Kier alpha value is -0.860. The lowest BCUT2D eigenvalue weighted by Crippen LogP contribution is -2.49. The molecule has 1 aromatic rings. The van der Waals surface area contributed by atoms with E-state index in [1.54, 1.807) is 0 Å². The molecular formula is C16H26N2. The van der Waals surface area contributed by atoms with E-state index in [1.165, 1.54) is 30.5 Å². The van der Waals surface area contributed by atoms with Crippen LogP contribution in [0.3, 0.4) is 0 Å². The second kappa shape index (κ2) is 6.35. The number of piperazine rings is 1. The number of hydrogen-bond acceptors (Lipinski definition) is 2. The highest BCUT2D eigenvalue weighted by Crippen LogP contribution is 2.16. The second-order valence-corrected chi connectivity index (χ2v) is 5.77. The summed E-state index contributed by atoms with van der Waals surface area (Å²) >= 11 is 0. The van der Waals surface area contributed by atoms with Gasteiger partial charge in [-0.05, 0) is 36.9 Å². The highest BCUT2D eigenvalue weighted by atomic mass is 15.2. The molecule has 1 heterocycles. The Morgan fingerprint density at radius 2 is 2.00 bits per heavy atom. The molecule has 1 atom stereocenters. The van der Waals surface area contributed by atoms with Crippen LogP contribution < -0.4 is 5.32 Å². The maximum Gasteiger partial charge on any atom is 0.0221 e. The first-order valence-corrected chi connectivity index (χ1v) is 7.16. The van der Waals surface area contributed by atoms with Crippen LogP contribution in [0.25, 0.3) is 0 Å². The molecule has 1 unspecified atom stereocenters. The summed E-state index contributed by atoms with van der Waals surface area (Å²) in [4.78, 5) is 2.49. The fraction of sp³-hybridized carbons (Fsp3) is 0.625. The lowest BCUT2D eigenvalue weighted by Gasteiger charge is -2.33. The van der Waals surface area contributed by atoms with E-state index in [0.29, 0.717) is 12.0 Å². The van der Waals surface area contributed by atoms with Crippen molar-refractivity contribution in [2.75, 3.05) is 26.7 Å². The van der Waals surface area contributed by atoms with Gasteiger partial charge >= 0.3 is 0 Å². The first-order valence-electron chi connectivity index (χ1n) is 7.16. The van der Waals surface area contributed by atoms with Crippen molar-refractivity contribution in [3.8, 4) is 0 Å². The van der Waals surface area contributed by atoms with Crippen LogP contribution in [0.4, 0.5) is 0 Å². The molecule has 2 heteroatoms. The predicted molar refractivity (Wildman–Crippen MR) is 78.1 cm³/mol. The van der Waals surface area contributed by atoms with Gasteiger partial charge in [-0.2, -0.15) is 0 Å². The summed E-state index contributed by atoms with van der Waals surface area (Å²) in [5, 5.41) is 3.48. The van der Waals surface area contributed by atoms with E-state index in [0.717, 1.165) is 13.1 Å². The minimum absolute atomic E-state index is 0.632. The molecule has 1 aromatic carbocycles. The van der Waals surface area contributed by atoms with Crippen molar-refractivity contribution in [1.29, 1.82) is 0 Å². The van der Waals surface area contributed by atoms with Crippen molar-refractivity contribution >= 4 is 0 Å². The third-order valence-corrected chi connectivity index (χ3v) is 4.06. The lowest BCUT2D eigenvalue weighted by atomic mass is 9.98. The molecule has 1 fully saturated rings. The molecule has 100 valence electrons. The predicted octanol–water partition coefficient (Wildman–Crippen LogP) is 2.65. The van der Waals surface area contributed by atoms with Crippen LogP contribution in [0.5, 0.6) is 0 Å². The number of aryl methyl sites for hydroxylation is 1. The molecule has 1 saturated heterocycles. The van der Waals surface area contributed by atoms with Crippen LogP contribution in [0.1, 0.15) is 37.3 Å². The number of likely N-dealkylation sites (N-methyl/N-ethyl adjacent to an activating group) is 1. The average Bonchev–Trinajstić information content (AvgIpc) is 2.38. The smallest absolute Gasteiger partial charge is 0.0221 e. The molecule has 0 radical (unpaired) electrons. The topological polar surface area (TPSA) is 15.3 Å². The minimum Gasteiger partial charge on any atom is -0.314 e. The molecule has 0 spiro atoms. The Labute approximate surface area is 111 Å². The summed E-state index contributed by atoms with van der Waals surface area (Å²) < 4.78 is 0. The van der Waals surface area contributed by atoms with Crippen LogP contribution in [-0.2, 0) is 6.42 Å². The first kappa shape index (κ1) is 13.6. The summed E-state index contributed by atoms with van der Waals surface area (Å²) in [7, 11) is 2.24. The van der Waals surface area contributed by atoms with E-state index in [-0.39, 0.29) is 0 Å². The van der Waals surface area contributed by atoms with Crippen LogP contribution in [0.2, 0.25) is 0 Å². The number of rotatable bonds is 4. The van der Waals surface area contributed by atoms with E-state index in [9.17, 15) is 0 Å². The zero-order valence-electron chi connectivity index (χ0n) is 11.9. The van der Waals surface area contributed by atoms with Crippen molar-refractivity contribution in [3.63, 3.8) is 0 Å². The second-order valence-electron chi connectivity index (χ2n) is 5.77. The van der Waals surface area contributed by atoms with E-state index in [1.807, 2.05) is 0 Å². The van der Waals surface area contributed by atoms with Crippen molar-refractivity contribution in [3.05, 3.63) is 35.4 Å². The molecule has 0 saturated carbocycles. The molecule has 18 heavy (non-hydrogen) atoms. The van der Waals surface area contributed by atoms with E-state index >= 15 is 0 Å². The molecule has 0 bridgehead atoms. The number of nitrogens with zero attached hydrogens (tertiary/aromatic N) is 1. The lowest BCUT2D eigenvalue weighted by molar-refractivity contribution is 0.191. The zero-order valence-corrected chi connectivity index (χ0v) is 11.9. The summed E-state index contributed by atoms with van der Waals surface area (Å²) in [5.74, 6) is 0.632. The molecule has 2 nitrogen and oxygen atoms in total. The number of nitrogens with one attached hydrogen (secondary N) is 1. The molecule has 0 aliphatic carbocycles. The van der Waals surface area contributed by atoms with Crippen LogP contribution in [0.15, 0.2) is 24.3 Å². The van der Waals surface area contributed by atoms with Gasteiger partial charge in [0.05, 0.1) is 0 Å².